The van der Waals surface area contributed by atoms with Crippen molar-refractivity contribution in [3.05, 3.63) is 48.0 Å². The molecule has 1 saturated carbocycles. The number of benzene rings is 1. The number of thiophene rings is 1. The van der Waals surface area contributed by atoms with E-state index >= 15 is 0 Å². The Labute approximate surface area is 201 Å². The molecular formula is C27H35N3O2S. The predicted octanol–water partition coefficient (Wildman–Crippen LogP) is 6.00. The van der Waals surface area contributed by atoms with Crippen LogP contribution < -0.4 is 15.4 Å². The van der Waals surface area contributed by atoms with Crippen LogP contribution in [0, 0.1) is 17.3 Å². The maximum absolute atomic E-state index is 12.6. The zero-order valence-corrected chi connectivity index (χ0v) is 20.7. The van der Waals surface area contributed by atoms with Gasteiger partial charge in [-0.15, -0.1) is 11.3 Å². The summed E-state index contributed by atoms with van der Waals surface area (Å²) >= 11 is 1.58. The van der Waals surface area contributed by atoms with Crippen LogP contribution >= 0.6 is 11.3 Å². The second-order valence-corrected chi connectivity index (χ2v) is 11.4. The van der Waals surface area contributed by atoms with Gasteiger partial charge < -0.3 is 10.1 Å². The van der Waals surface area contributed by atoms with Gasteiger partial charge in [-0.05, 0) is 72.8 Å². The van der Waals surface area contributed by atoms with Crippen LogP contribution in [0.15, 0.2) is 48.0 Å². The standard InChI is InChI=1S/C27H35N3O2S/c1-27(2)20-8-7-19(23(27)16-20)17-30-13-11-21(12-14-30)28-26(31)29-25-10-9-24(33-25)18-5-4-6-22(15-18)32-3/h4-7,9-10,15,20-21,23H,8,11-14,16-17H2,1-3H3,(H2,28,29,31)/t20-,23-/m0/s1. The zero-order chi connectivity index (χ0) is 23.0. The Hall–Kier alpha value is -2.31. The Bertz CT molecular complexity index is 1040. The molecule has 1 aromatic heterocycles. The molecule has 0 unspecified atom stereocenters. The van der Waals surface area contributed by atoms with E-state index in [0.29, 0.717) is 5.41 Å². The number of amides is 2. The van der Waals surface area contributed by atoms with Gasteiger partial charge in [0.25, 0.3) is 0 Å². The SMILES string of the molecule is COc1cccc(-c2ccc(NC(=O)NC3CCN(CC4=CC[C@H]5C[C@@H]4C5(C)C)CC3)s2)c1. The number of allylic oxidation sites excluding steroid dienone is 1. The summed E-state index contributed by atoms with van der Waals surface area (Å²) in [5.74, 6) is 2.51. The van der Waals surface area contributed by atoms with E-state index in [1.165, 1.54) is 12.8 Å². The van der Waals surface area contributed by atoms with Crippen molar-refractivity contribution in [2.24, 2.45) is 17.3 Å². The van der Waals surface area contributed by atoms with Gasteiger partial charge in [-0.25, -0.2) is 4.79 Å². The summed E-state index contributed by atoms with van der Waals surface area (Å²) < 4.78 is 5.32. The Morgan fingerprint density at radius 1 is 1.21 bits per heavy atom. The molecule has 2 fully saturated rings. The number of anilines is 1. The lowest BCUT2D eigenvalue weighted by atomic mass is 9.49. The number of carbonyl (C=O) groups excluding carboxylic acids is 1. The van der Waals surface area contributed by atoms with Crippen molar-refractivity contribution in [3.63, 3.8) is 0 Å². The maximum Gasteiger partial charge on any atom is 0.320 e. The number of fused-ring (bicyclic) bond motifs is 1. The molecule has 2 bridgehead atoms. The first kappa shape index (κ1) is 22.5. The third kappa shape index (κ3) is 4.69. The molecule has 2 atom stereocenters. The summed E-state index contributed by atoms with van der Waals surface area (Å²) in [6.45, 7) is 8.11. The molecule has 2 amide bonds. The molecule has 0 spiro atoms. The van der Waals surface area contributed by atoms with Crippen LogP contribution in [0.2, 0.25) is 0 Å². The number of rotatable bonds is 6. The van der Waals surface area contributed by atoms with Crippen LogP contribution in [0.5, 0.6) is 5.75 Å². The molecule has 4 aliphatic rings. The Morgan fingerprint density at radius 2 is 2.03 bits per heavy atom. The van der Waals surface area contributed by atoms with Crippen molar-refractivity contribution in [3.8, 4) is 16.2 Å². The van der Waals surface area contributed by atoms with E-state index in [0.717, 1.165) is 65.5 Å². The number of urea groups is 1. The van der Waals surface area contributed by atoms with Gasteiger partial charge in [-0.3, -0.25) is 10.2 Å². The number of hydrogen-bond donors (Lipinski definition) is 2. The smallest absolute Gasteiger partial charge is 0.320 e. The van der Waals surface area contributed by atoms with Gasteiger partial charge in [0.1, 0.15) is 5.75 Å². The minimum Gasteiger partial charge on any atom is -0.497 e. The van der Waals surface area contributed by atoms with Crippen LogP contribution in [-0.2, 0) is 0 Å². The van der Waals surface area contributed by atoms with Crippen molar-refractivity contribution in [2.45, 2.75) is 45.6 Å². The normalized spacial score (nSPS) is 24.5. The van der Waals surface area contributed by atoms with Crippen molar-refractivity contribution in [1.82, 2.24) is 10.2 Å². The third-order valence-electron chi connectivity index (χ3n) is 8.11. The Morgan fingerprint density at radius 3 is 2.76 bits per heavy atom. The van der Waals surface area contributed by atoms with Gasteiger partial charge in [0, 0.05) is 30.6 Å². The first-order valence-corrected chi connectivity index (χ1v) is 13.0. The van der Waals surface area contributed by atoms with Gasteiger partial charge in [-0.2, -0.15) is 0 Å². The number of nitrogens with zero attached hydrogens (tertiary/aromatic N) is 1. The molecule has 1 saturated heterocycles. The van der Waals surface area contributed by atoms with Crippen LogP contribution in [0.4, 0.5) is 9.80 Å². The Balaban J connectivity index is 1.08. The van der Waals surface area contributed by atoms with E-state index in [9.17, 15) is 4.79 Å². The van der Waals surface area contributed by atoms with E-state index in [-0.39, 0.29) is 12.1 Å². The highest BCUT2D eigenvalue weighted by Crippen LogP contribution is 2.59. The molecule has 2 aromatic rings. The average molecular weight is 466 g/mol. The number of hydrogen-bond acceptors (Lipinski definition) is 4. The van der Waals surface area contributed by atoms with E-state index in [1.54, 1.807) is 24.0 Å². The third-order valence-corrected chi connectivity index (χ3v) is 9.16. The molecule has 1 aliphatic heterocycles. The summed E-state index contributed by atoms with van der Waals surface area (Å²) in [5, 5.41) is 7.06. The fourth-order valence-corrected chi connectivity index (χ4v) is 6.72. The highest BCUT2D eigenvalue weighted by Gasteiger charge is 2.51. The second kappa shape index (κ2) is 9.15. The molecule has 1 aromatic carbocycles. The average Bonchev–Trinajstić information content (AvgIpc) is 3.28. The molecule has 2 N–H and O–H groups in total. The molecule has 6 rings (SSSR count). The number of nitrogens with one attached hydrogen (secondary N) is 2. The minimum absolute atomic E-state index is 0.107. The zero-order valence-electron chi connectivity index (χ0n) is 19.9. The monoisotopic (exact) mass is 465 g/mol. The first-order chi connectivity index (χ1) is 15.9. The van der Waals surface area contributed by atoms with Gasteiger partial charge in [0.15, 0.2) is 0 Å². The summed E-state index contributed by atoms with van der Waals surface area (Å²) in [6.07, 6.45) is 7.19. The topological polar surface area (TPSA) is 53.6 Å². The molecule has 176 valence electrons. The van der Waals surface area contributed by atoms with Gasteiger partial charge in [-0.1, -0.05) is 37.6 Å². The predicted molar refractivity (Wildman–Crippen MR) is 136 cm³/mol. The highest BCUT2D eigenvalue weighted by atomic mass is 32.1. The summed E-state index contributed by atoms with van der Waals surface area (Å²) in [4.78, 5) is 16.3. The van der Waals surface area contributed by atoms with E-state index < -0.39 is 0 Å². The number of methoxy groups -OCH3 is 1. The lowest BCUT2D eigenvalue weighted by Gasteiger charge is -2.57. The van der Waals surface area contributed by atoms with Crippen molar-refractivity contribution < 1.29 is 9.53 Å². The molecule has 5 nitrogen and oxygen atoms in total. The van der Waals surface area contributed by atoms with Gasteiger partial charge in [0.05, 0.1) is 12.1 Å². The Kier molecular flexibility index (Phi) is 6.23. The lowest BCUT2D eigenvalue weighted by molar-refractivity contribution is -0.0113. The fourth-order valence-electron chi connectivity index (χ4n) is 5.82. The fraction of sp³-hybridized carbons (Fsp3) is 0.519. The molecule has 33 heavy (non-hydrogen) atoms. The largest absolute Gasteiger partial charge is 0.497 e. The second-order valence-electron chi connectivity index (χ2n) is 10.4. The number of likely N-dealkylation sites (tertiary alicyclic amines) is 1. The summed E-state index contributed by atoms with van der Waals surface area (Å²) in [6, 6.07) is 12.1. The van der Waals surface area contributed by atoms with E-state index in [1.807, 2.05) is 30.3 Å². The van der Waals surface area contributed by atoms with E-state index in [4.69, 9.17) is 4.74 Å². The molecule has 2 heterocycles. The van der Waals surface area contributed by atoms with Crippen LogP contribution in [0.3, 0.4) is 0 Å². The summed E-state index contributed by atoms with van der Waals surface area (Å²) in [5.41, 5.74) is 3.25. The quantitative estimate of drug-likeness (QED) is 0.514. The van der Waals surface area contributed by atoms with Crippen LogP contribution in [-0.4, -0.2) is 43.7 Å². The van der Waals surface area contributed by atoms with Crippen LogP contribution in [0.1, 0.15) is 39.5 Å². The number of ether oxygens (including phenoxy) is 1. The van der Waals surface area contributed by atoms with Gasteiger partial charge >= 0.3 is 6.03 Å². The van der Waals surface area contributed by atoms with Crippen LogP contribution in [0.25, 0.3) is 10.4 Å². The molecule has 6 heteroatoms. The molecule has 3 aliphatic carbocycles. The molecule has 0 radical (unpaired) electrons. The van der Waals surface area contributed by atoms with E-state index in [2.05, 4.69) is 41.5 Å². The minimum atomic E-state index is -0.107. The number of carbonyl (C=O) groups is 1. The lowest BCUT2D eigenvalue weighted by Crippen LogP contribution is -2.51. The van der Waals surface area contributed by atoms with Crippen molar-refractivity contribution in [2.75, 3.05) is 32.1 Å². The number of piperidine rings is 1. The van der Waals surface area contributed by atoms with Crippen molar-refractivity contribution in [1.29, 1.82) is 0 Å². The molecular weight excluding hydrogens is 430 g/mol. The first-order valence-electron chi connectivity index (χ1n) is 12.2. The maximum atomic E-state index is 12.6. The highest BCUT2D eigenvalue weighted by molar-refractivity contribution is 7.19. The van der Waals surface area contributed by atoms with Crippen molar-refractivity contribution >= 4 is 22.4 Å². The summed E-state index contributed by atoms with van der Waals surface area (Å²) in [7, 11) is 1.67. The van der Waals surface area contributed by atoms with Gasteiger partial charge in [0.2, 0.25) is 0 Å².